The molecule has 0 spiro atoms. The molecule has 0 aliphatic rings. The number of aliphatic hydroxyl groups is 1. The Balaban J connectivity index is 2.17. The van der Waals surface area contributed by atoms with Crippen LogP contribution in [-0.2, 0) is 27.2 Å². The summed E-state index contributed by atoms with van der Waals surface area (Å²) in [7, 11) is 0. The van der Waals surface area contributed by atoms with E-state index in [1.807, 2.05) is 74.5 Å². The first kappa shape index (κ1) is 33.1. The zero-order valence-electron chi connectivity index (χ0n) is 24.0. The van der Waals surface area contributed by atoms with Gasteiger partial charge in [-0.2, -0.15) is 0 Å². The largest absolute Gasteiger partial charge is 0.376 e. The van der Waals surface area contributed by atoms with Crippen molar-refractivity contribution in [3.8, 4) is 0 Å². The number of carbonyl (C=O) groups is 3. The van der Waals surface area contributed by atoms with Gasteiger partial charge in [-0.05, 0) is 69.0 Å². The number of aliphatic hydroxyl groups excluding tert-OH is 1. The Bertz CT molecular complexity index is 1030. The van der Waals surface area contributed by atoms with E-state index in [0.717, 1.165) is 24.0 Å². The second kappa shape index (κ2) is 17.6. The zero-order chi connectivity index (χ0) is 29.5. The second-order valence-electron chi connectivity index (χ2n) is 10.9. The lowest BCUT2D eigenvalue weighted by molar-refractivity contribution is -0.129. The van der Waals surface area contributed by atoms with E-state index in [4.69, 9.17) is 11.5 Å². The minimum absolute atomic E-state index is 0.129. The summed E-state index contributed by atoms with van der Waals surface area (Å²) in [6.07, 6.45) is 1.83. The Labute approximate surface area is 238 Å². The van der Waals surface area contributed by atoms with E-state index in [0.29, 0.717) is 32.2 Å². The molecule has 0 aromatic heterocycles. The molecule has 0 radical (unpaired) electrons. The number of hydrogen-bond donors (Lipinski definition) is 6. The molecule has 0 fully saturated rings. The van der Waals surface area contributed by atoms with E-state index >= 15 is 0 Å². The minimum atomic E-state index is -1.25. The third kappa shape index (κ3) is 12.0. The van der Waals surface area contributed by atoms with Crippen LogP contribution < -0.4 is 27.4 Å². The van der Waals surface area contributed by atoms with Gasteiger partial charge < -0.3 is 27.2 Å². The molecule has 5 atom stereocenters. The van der Waals surface area contributed by atoms with Crippen molar-refractivity contribution >= 4 is 17.6 Å². The third-order valence-electron chi connectivity index (χ3n) is 6.79. The second-order valence-corrected chi connectivity index (χ2v) is 10.9. The molecule has 0 bridgehead atoms. The summed E-state index contributed by atoms with van der Waals surface area (Å²) in [5, 5.41) is 20.1. The number of ketones is 1. The van der Waals surface area contributed by atoms with Gasteiger partial charge in [0, 0.05) is 0 Å². The van der Waals surface area contributed by atoms with E-state index in [-0.39, 0.29) is 17.6 Å². The molecular weight excluding hydrogens is 506 g/mol. The molecule has 220 valence electrons. The highest BCUT2D eigenvalue weighted by Crippen LogP contribution is 2.12. The fraction of sp³-hybridized carbons (Fsp3) is 0.516. The predicted molar refractivity (Wildman–Crippen MR) is 158 cm³/mol. The van der Waals surface area contributed by atoms with Gasteiger partial charge >= 0.3 is 0 Å². The van der Waals surface area contributed by atoms with Gasteiger partial charge in [0.15, 0.2) is 5.78 Å². The smallest absolute Gasteiger partial charge is 0.237 e. The molecule has 40 heavy (non-hydrogen) atoms. The van der Waals surface area contributed by atoms with Crippen molar-refractivity contribution in [1.82, 2.24) is 16.0 Å². The molecule has 1 unspecified atom stereocenters. The van der Waals surface area contributed by atoms with E-state index in [9.17, 15) is 19.5 Å². The zero-order valence-corrected chi connectivity index (χ0v) is 24.0. The molecule has 0 saturated carbocycles. The molecule has 9 heteroatoms. The van der Waals surface area contributed by atoms with Crippen LogP contribution in [0.3, 0.4) is 0 Å². The number of carbonyl (C=O) groups excluding carboxylic acids is 3. The summed E-state index contributed by atoms with van der Waals surface area (Å²) in [4.78, 5) is 38.6. The number of Topliss-reactive ketones (excluding diaryl/α,β-unsaturated/α-hetero) is 1. The summed E-state index contributed by atoms with van der Waals surface area (Å²) in [5.41, 5.74) is 13.6. The van der Waals surface area contributed by atoms with Crippen molar-refractivity contribution in [3.63, 3.8) is 0 Å². The minimum Gasteiger partial charge on any atom is -0.376 e. The Morgan fingerprint density at radius 2 is 1.40 bits per heavy atom. The highest BCUT2D eigenvalue weighted by atomic mass is 16.3. The summed E-state index contributed by atoms with van der Waals surface area (Å²) in [6.45, 7) is 5.93. The molecule has 2 aromatic rings. The molecular formula is C31H47N5O4. The van der Waals surface area contributed by atoms with Crippen molar-refractivity contribution in [2.24, 2.45) is 17.4 Å². The molecule has 0 aliphatic carbocycles. The normalized spacial score (nSPS) is 15.1. The van der Waals surface area contributed by atoms with Crippen LogP contribution in [-0.4, -0.2) is 59.6 Å². The topological polar surface area (TPSA) is 160 Å². The van der Waals surface area contributed by atoms with Gasteiger partial charge in [0.05, 0.1) is 24.2 Å². The fourth-order valence-corrected chi connectivity index (χ4v) is 4.55. The Kier molecular flexibility index (Phi) is 14.5. The SMILES string of the molecule is CC(=O)[C@@H](CCCCN)NC(=O)[C@@H](CC(C)C)NC(O)[C@@H](Cc1ccccc1)NC(=O)[C@H](N)Cc1ccccc1. The van der Waals surface area contributed by atoms with Crippen LogP contribution in [0, 0.1) is 5.92 Å². The van der Waals surface area contributed by atoms with Crippen LogP contribution in [0.4, 0.5) is 0 Å². The molecule has 0 saturated heterocycles. The molecule has 2 amide bonds. The number of unbranched alkanes of at least 4 members (excludes halogenated alkanes) is 1. The van der Waals surface area contributed by atoms with Crippen molar-refractivity contribution in [2.45, 2.75) is 89.7 Å². The third-order valence-corrected chi connectivity index (χ3v) is 6.79. The lowest BCUT2D eigenvalue weighted by Gasteiger charge is -2.31. The molecule has 8 N–H and O–H groups in total. The maximum absolute atomic E-state index is 13.3. The van der Waals surface area contributed by atoms with E-state index in [1.165, 1.54) is 6.92 Å². The first-order valence-corrected chi connectivity index (χ1v) is 14.2. The first-order valence-electron chi connectivity index (χ1n) is 14.2. The number of nitrogens with one attached hydrogen (secondary N) is 3. The van der Waals surface area contributed by atoms with Gasteiger partial charge in [-0.25, -0.2) is 0 Å². The Hall–Kier alpha value is -3.11. The average molecular weight is 554 g/mol. The standard InChI is InChI=1S/C31H47N5O4/c1-21(2)18-27(30(39)34-26(22(3)37)16-10-11-17-32)36-31(40)28(20-24-14-8-5-9-15-24)35-29(38)25(33)19-23-12-6-4-7-13-23/h4-9,12-15,21,25-28,31,36,40H,10-11,16-20,32-33H2,1-3H3,(H,34,39)(H,35,38)/t25-,26-,27-,28-,31?/m1/s1. The quantitative estimate of drug-likeness (QED) is 0.121. The lowest BCUT2D eigenvalue weighted by Crippen LogP contribution is -2.60. The summed E-state index contributed by atoms with van der Waals surface area (Å²) < 4.78 is 0. The van der Waals surface area contributed by atoms with E-state index < -0.39 is 36.3 Å². The lowest BCUT2D eigenvalue weighted by atomic mass is 9.99. The monoisotopic (exact) mass is 553 g/mol. The van der Waals surface area contributed by atoms with Crippen LogP contribution in [0.15, 0.2) is 60.7 Å². The number of hydrogen-bond acceptors (Lipinski definition) is 7. The summed E-state index contributed by atoms with van der Waals surface area (Å²) >= 11 is 0. The van der Waals surface area contributed by atoms with Crippen LogP contribution in [0.1, 0.15) is 57.6 Å². The number of benzene rings is 2. The predicted octanol–water partition coefficient (Wildman–Crippen LogP) is 1.81. The van der Waals surface area contributed by atoms with E-state index in [1.54, 1.807) is 0 Å². The van der Waals surface area contributed by atoms with Crippen molar-refractivity contribution in [1.29, 1.82) is 0 Å². The van der Waals surface area contributed by atoms with Gasteiger partial charge in [0.25, 0.3) is 0 Å². The highest BCUT2D eigenvalue weighted by molar-refractivity contribution is 5.89. The number of rotatable bonds is 18. The number of nitrogens with two attached hydrogens (primary N) is 2. The van der Waals surface area contributed by atoms with Gasteiger partial charge in [-0.15, -0.1) is 0 Å². The van der Waals surface area contributed by atoms with Gasteiger partial charge in [-0.1, -0.05) is 74.5 Å². The first-order chi connectivity index (χ1) is 19.1. The Morgan fingerprint density at radius 1 is 0.825 bits per heavy atom. The molecule has 0 heterocycles. The van der Waals surface area contributed by atoms with Crippen LogP contribution in [0.2, 0.25) is 0 Å². The van der Waals surface area contributed by atoms with Crippen LogP contribution in [0.5, 0.6) is 0 Å². The van der Waals surface area contributed by atoms with Crippen LogP contribution >= 0.6 is 0 Å². The molecule has 2 aromatic carbocycles. The van der Waals surface area contributed by atoms with Gasteiger partial charge in [0.1, 0.15) is 6.23 Å². The van der Waals surface area contributed by atoms with Crippen molar-refractivity contribution in [2.75, 3.05) is 6.54 Å². The highest BCUT2D eigenvalue weighted by Gasteiger charge is 2.30. The molecule has 9 nitrogen and oxygen atoms in total. The fourth-order valence-electron chi connectivity index (χ4n) is 4.55. The maximum atomic E-state index is 13.3. The molecule has 0 aliphatic heterocycles. The Morgan fingerprint density at radius 3 is 1.93 bits per heavy atom. The molecule has 2 rings (SSSR count). The van der Waals surface area contributed by atoms with Crippen molar-refractivity contribution in [3.05, 3.63) is 71.8 Å². The van der Waals surface area contributed by atoms with E-state index in [2.05, 4.69) is 16.0 Å². The van der Waals surface area contributed by atoms with Crippen LogP contribution in [0.25, 0.3) is 0 Å². The van der Waals surface area contributed by atoms with Gasteiger partial charge in [-0.3, -0.25) is 19.7 Å². The summed E-state index contributed by atoms with van der Waals surface area (Å²) in [5.74, 6) is -0.765. The maximum Gasteiger partial charge on any atom is 0.237 e. The summed E-state index contributed by atoms with van der Waals surface area (Å²) in [6, 6.07) is 16.0. The van der Waals surface area contributed by atoms with Crippen molar-refractivity contribution < 1.29 is 19.5 Å². The van der Waals surface area contributed by atoms with Gasteiger partial charge in [0.2, 0.25) is 11.8 Å². The average Bonchev–Trinajstić information content (AvgIpc) is 2.92. The number of amides is 2.